The average molecular weight is 843 g/mol. The van der Waals surface area contributed by atoms with E-state index in [-0.39, 0.29) is 69.5 Å². The van der Waals surface area contributed by atoms with Gasteiger partial charge in [0.1, 0.15) is 22.8 Å². The fraction of sp³-hybridized carbons (Fsp3) is 0.432. The Balaban J connectivity index is 1.63. The van der Waals surface area contributed by atoms with Gasteiger partial charge in [-0.15, -0.1) is 20.5 Å². The Labute approximate surface area is 350 Å². The topological polar surface area (TPSA) is 315 Å². The Morgan fingerprint density at radius 2 is 1.18 bits per heavy atom. The lowest BCUT2D eigenvalue weighted by Crippen LogP contribution is -2.15. The Hall–Kier alpha value is -7.53. The number of ether oxygens (including phenoxy) is 3. The number of hydrogen-bond donors (Lipinski definition) is 4. The highest BCUT2D eigenvalue weighted by Gasteiger charge is 2.28. The molecule has 0 aliphatic carbocycles. The monoisotopic (exact) mass is 842 g/mol. The van der Waals surface area contributed by atoms with Crippen molar-refractivity contribution < 1.29 is 28.6 Å². The van der Waals surface area contributed by atoms with Crippen LogP contribution in [0.25, 0.3) is 11.9 Å². The van der Waals surface area contributed by atoms with Crippen molar-refractivity contribution in [2.75, 3.05) is 43.8 Å². The predicted octanol–water partition coefficient (Wildman–Crippen LogP) is 5.64. The first-order valence-electron chi connectivity index (χ1n) is 19.1. The molecule has 5 aromatic rings. The van der Waals surface area contributed by atoms with Crippen LogP contribution in [-0.4, -0.2) is 89.2 Å². The summed E-state index contributed by atoms with van der Waals surface area (Å²) in [4.78, 5) is 55.3. The molecule has 5 aromatic heterocycles. The van der Waals surface area contributed by atoms with Crippen LogP contribution < -0.4 is 22.5 Å². The largest absolute Gasteiger partial charge is 0.486 e. The van der Waals surface area contributed by atoms with Crippen molar-refractivity contribution in [3.63, 3.8) is 0 Å². The fourth-order valence-corrected chi connectivity index (χ4v) is 6.41. The van der Waals surface area contributed by atoms with E-state index in [4.69, 9.17) is 41.6 Å². The smallest absolute Gasteiger partial charge is 0.342 e. The van der Waals surface area contributed by atoms with E-state index < -0.39 is 11.9 Å². The molecule has 0 aliphatic rings. The van der Waals surface area contributed by atoms with E-state index in [1.54, 1.807) is 32.5 Å². The van der Waals surface area contributed by atoms with Gasteiger partial charge in [-0.3, -0.25) is 4.79 Å². The van der Waals surface area contributed by atoms with Crippen LogP contribution in [0.15, 0.2) is 25.4 Å². The lowest BCUT2D eigenvalue weighted by molar-refractivity contribution is -0.114. The molecule has 24 heteroatoms. The molecule has 324 valence electrons. The molecule has 0 radical (unpaired) electrons. The number of methoxy groups -OCH3 is 3. The number of hydrogen-bond acceptors (Lipinski definition) is 19. The van der Waals surface area contributed by atoms with Gasteiger partial charge in [-0.05, 0) is 39.5 Å². The van der Waals surface area contributed by atoms with E-state index in [0.29, 0.717) is 47.0 Å². The molecule has 5 rings (SSSR count). The Bertz CT molecular complexity index is 2560. The van der Waals surface area contributed by atoms with Crippen LogP contribution in [0.2, 0.25) is 0 Å². The number of nitrogen functional groups attached to an aromatic ring is 3. The quantitative estimate of drug-likeness (QED) is 0.0381. The lowest BCUT2D eigenvalue weighted by atomic mass is 10.2. The van der Waals surface area contributed by atoms with E-state index in [1.807, 2.05) is 13.8 Å². The van der Waals surface area contributed by atoms with Gasteiger partial charge in [-0.1, -0.05) is 26.7 Å². The average Bonchev–Trinajstić information content (AvgIpc) is 3.88. The highest BCUT2D eigenvalue weighted by molar-refractivity contribution is 6.00. The van der Waals surface area contributed by atoms with Crippen molar-refractivity contribution in [2.45, 2.75) is 73.1 Å². The van der Waals surface area contributed by atoms with E-state index >= 15 is 0 Å². The molecule has 0 unspecified atom stereocenters. The summed E-state index contributed by atoms with van der Waals surface area (Å²) in [6, 6.07) is 0. The van der Waals surface area contributed by atoms with Gasteiger partial charge in [-0.25, -0.2) is 14.6 Å². The van der Waals surface area contributed by atoms with Crippen molar-refractivity contribution in [1.29, 1.82) is 0 Å². The second-order valence-corrected chi connectivity index (χ2v) is 13.7. The van der Waals surface area contributed by atoms with Crippen LogP contribution in [0, 0.1) is 13.8 Å². The Morgan fingerprint density at radius 3 is 1.62 bits per heavy atom. The number of nitrogens with zero attached hydrogens (tertiary/aromatic N) is 14. The molecule has 24 nitrogen and oxygen atoms in total. The number of unbranched alkanes of at least 4 members (excludes halogenated alkanes) is 2. The summed E-state index contributed by atoms with van der Waals surface area (Å²) in [7, 11) is 7.25. The fourth-order valence-electron chi connectivity index (χ4n) is 6.41. The zero-order valence-corrected chi connectivity index (χ0v) is 35.8. The molecular formula is C37H50N18O6. The molecule has 0 saturated heterocycles. The molecule has 0 aliphatic heterocycles. The van der Waals surface area contributed by atoms with Crippen molar-refractivity contribution in [3.05, 3.63) is 33.6 Å². The maximum absolute atomic E-state index is 12.9. The summed E-state index contributed by atoms with van der Waals surface area (Å²) in [5.74, 6) is -1.02. The number of aryl methyl sites for hydroxylation is 2. The second-order valence-electron chi connectivity index (χ2n) is 13.7. The van der Waals surface area contributed by atoms with E-state index in [0.717, 1.165) is 25.7 Å². The third-order valence-corrected chi connectivity index (χ3v) is 9.49. The third-order valence-electron chi connectivity index (χ3n) is 9.49. The molecular weight excluding hydrogens is 793 g/mol. The van der Waals surface area contributed by atoms with Gasteiger partial charge in [0.05, 0.1) is 32.7 Å². The summed E-state index contributed by atoms with van der Waals surface area (Å²) in [5.41, 5.74) is 22.2. The number of aromatic nitrogens is 9. The Kier molecular flexibility index (Phi) is 13.9. The number of carbonyl (C=O) groups excluding carboxylic acids is 3. The number of esters is 2. The van der Waals surface area contributed by atoms with Gasteiger partial charge in [0.15, 0.2) is 41.0 Å². The van der Waals surface area contributed by atoms with Crippen LogP contribution in [0.4, 0.5) is 52.2 Å². The number of azo groups is 2. The zero-order valence-electron chi connectivity index (χ0n) is 35.8. The van der Waals surface area contributed by atoms with E-state index in [9.17, 15) is 14.4 Å². The van der Waals surface area contributed by atoms with Crippen LogP contribution in [0.3, 0.4) is 0 Å². The molecule has 61 heavy (non-hydrogen) atoms. The highest BCUT2D eigenvalue weighted by atomic mass is 16.5. The van der Waals surface area contributed by atoms with Gasteiger partial charge in [0.25, 0.3) is 11.9 Å². The number of nitrogens with one attached hydrogen (secondary N) is 1. The number of amides is 1. The SMILES string of the molecule is CCCCc1nn(-c2nc(N)nc(-n3nc(CCCC)c(/N=N/c4c(C(=O)OC)c(C)c(NC(C)=O)n4C)c3N)n2)c(N)c1/N=N/c1c(C(=O)OC)c(C)c(N=COC)n1C. The number of carbonyl (C=O) groups is 3. The summed E-state index contributed by atoms with van der Waals surface area (Å²) < 4.78 is 20.6. The predicted molar refractivity (Wildman–Crippen MR) is 225 cm³/mol. The maximum Gasteiger partial charge on any atom is 0.342 e. The first kappa shape index (κ1) is 44.6. The number of rotatable bonds is 17. The molecule has 0 aromatic carbocycles. The minimum absolute atomic E-state index is 0.000859. The molecule has 0 fully saturated rings. The first-order chi connectivity index (χ1) is 29.1. The molecule has 0 bridgehead atoms. The summed E-state index contributed by atoms with van der Waals surface area (Å²) in [6.07, 6.45) is 5.25. The third kappa shape index (κ3) is 8.91. The number of aliphatic imine (C=N–C) groups is 1. The molecule has 0 spiro atoms. The van der Waals surface area contributed by atoms with Gasteiger partial charge in [0, 0.05) is 32.1 Å². The maximum atomic E-state index is 12.9. The number of nitrogens with two attached hydrogens (primary N) is 3. The zero-order chi connectivity index (χ0) is 44.7. The van der Waals surface area contributed by atoms with E-state index in [1.165, 1.54) is 48.6 Å². The van der Waals surface area contributed by atoms with Gasteiger partial charge >= 0.3 is 11.9 Å². The minimum atomic E-state index is -0.676. The van der Waals surface area contributed by atoms with Gasteiger partial charge in [0.2, 0.25) is 11.9 Å². The minimum Gasteiger partial charge on any atom is -0.486 e. The number of anilines is 4. The highest BCUT2D eigenvalue weighted by Crippen LogP contribution is 2.39. The van der Waals surface area contributed by atoms with Crippen LogP contribution in [0.5, 0.6) is 0 Å². The molecule has 5 heterocycles. The molecule has 1 amide bonds. The second kappa shape index (κ2) is 19.0. The van der Waals surface area contributed by atoms with Crippen molar-refractivity contribution in [2.24, 2.45) is 39.5 Å². The lowest BCUT2D eigenvalue weighted by Gasteiger charge is -2.07. The normalized spacial score (nSPS) is 11.7. The summed E-state index contributed by atoms with van der Waals surface area (Å²) in [5, 5.41) is 30.0. The Morgan fingerprint density at radius 1 is 0.705 bits per heavy atom. The van der Waals surface area contributed by atoms with E-state index in [2.05, 4.69) is 45.7 Å². The van der Waals surface area contributed by atoms with Crippen molar-refractivity contribution in [1.82, 2.24) is 43.6 Å². The standard InChI is InChI=1S/C37H50N18O6/c1-11-13-15-21-25(46-48-31-23(33(57)60-9)18(3)29(52(31)6)41-17-59-8)27(38)54(50-21)36-43-35(40)44-37(45-36)55-28(39)26(22(51-55)16-14-12-2)47-49-32-24(34(58)61-10)19(4)30(53(32)7)42-20(5)56/h17H,11-16,38-39H2,1-10H3,(H,42,56)(H2,40,43,44,45)/b41-17?,48-46+,49-47+. The van der Waals surface area contributed by atoms with Crippen LogP contribution >= 0.6 is 0 Å². The van der Waals surface area contributed by atoms with Crippen LogP contribution in [-0.2, 0) is 45.9 Å². The van der Waals surface area contributed by atoms with Gasteiger partial charge in [-0.2, -0.15) is 34.5 Å². The first-order valence-corrected chi connectivity index (χ1v) is 19.1. The summed E-state index contributed by atoms with van der Waals surface area (Å²) >= 11 is 0. The molecule has 0 saturated carbocycles. The van der Waals surface area contributed by atoms with Crippen molar-refractivity contribution >= 4 is 76.5 Å². The van der Waals surface area contributed by atoms with Crippen LogP contribution in [0.1, 0.15) is 89.7 Å². The molecule has 7 N–H and O–H groups in total. The summed E-state index contributed by atoms with van der Waals surface area (Å²) in [6.45, 7) is 8.75. The molecule has 0 atom stereocenters. The van der Waals surface area contributed by atoms with Crippen molar-refractivity contribution in [3.8, 4) is 11.9 Å². The van der Waals surface area contributed by atoms with Gasteiger partial charge < -0.3 is 45.9 Å².